The minimum absolute atomic E-state index is 0.117. The van der Waals surface area contributed by atoms with Gasteiger partial charge < -0.3 is 9.88 Å². The highest BCUT2D eigenvalue weighted by Crippen LogP contribution is 2.23. The van der Waals surface area contributed by atoms with Gasteiger partial charge >= 0.3 is 0 Å². The fourth-order valence-corrected chi connectivity index (χ4v) is 4.01. The van der Waals surface area contributed by atoms with Crippen LogP contribution in [0, 0.1) is 13.8 Å². The van der Waals surface area contributed by atoms with Crippen molar-refractivity contribution in [3.63, 3.8) is 0 Å². The molecule has 1 N–H and O–H groups in total. The van der Waals surface area contributed by atoms with E-state index in [-0.39, 0.29) is 24.1 Å². The predicted molar refractivity (Wildman–Crippen MR) is 122 cm³/mol. The fraction of sp³-hybridized carbons (Fsp3) is 0.240. The summed E-state index contributed by atoms with van der Waals surface area (Å²) in [5.74, 6) is -0.247. The lowest BCUT2D eigenvalue weighted by Gasteiger charge is -2.14. The first-order valence-electron chi connectivity index (χ1n) is 10.4. The van der Waals surface area contributed by atoms with E-state index in [0.29, 0.717) is 11.9 Å². The lowest BCUT2D eigenvalue weighted by Crippen LogP contribution is -2.35. The van der Waals surface area contributed by atoms with Gasteiger partial charge in [0, 0.05) is 23.3 Å². The van der Waals surface area contributed by atoms with Crippen LogP contribution in [-0.2, 0) is 17.9 Å². The largest absolute Gasteiger partial charge is 0.348 e. The molecule has 158 valence electrons. The number of carbonyl (C=O) groups excluding carboxylic acids is 1. The van der Waals surface area contributed by atoms with Crippen LogP contribution in [0.3, 0.4) is 0 Å². The quantitative estimate of drug-likeness (QED) is 0.523. The summed E-state index contributed by atoms with van der Waals surface area (Å²) in [6, 6.07) is 19.7. The Kier molecular flexibility index (Phi) is 5.71. The predicted octanol–water partition coefficient (Wildman–Crippen LogP) is 3.74. The number of aryl methyl sites for hydroxylation is 2. The molecule has 6 heteroatoms. The molecular formula is C25H26N4O2. The molecule has 0 radical (unpaired) electrons. The van der Waals surface area contributed by atoms with E-state index in [1.807, 2.05) is 69.3 Å². The van der Waals surface area contributed by atoms with Crippen LogP contribution in [0.2, 0.25) is 0 Å². The summed E-state index contributed by atoms with van der Waals surface area (Å²) in [6.07, 6.45) is 1.69. The lowest BCUT2D eigenvalue weighted by molar-refractivity contribution is -0.122. The van der Waals surface area contributed by atoms with Crippen molar-refractivity contribution in [3.05, 3.63) is 99.7 Å². The number of nitrogens with one attached hydrogen (secondary N) is 1. The zero-order chi connectivity index (χ0) is 22.0. The normalized spacial score (nSPS) is 12.1. The second-order valence-electron chi connectivity index (χ2n) is 7.84. The third kappa shape index (κ3) is 4.14. The topological polar surface area (TPSA) is 68.9 Å². The Labute approximate surface area is 181 Å². The number of nitrogens with zero attached hydrogens (tertiary/aromatic N) is 3. The first-order chi connectivity index (χ1) is 15.0. The Hall–Kier alpha value is -3.67. The zero-order valence-electron chi connectivity index (χ0n) is 18.0. The van der Waals surface area contributed by atoms with Crippen molar-refractivity contribution in [2.24, 2.45) is 0 Å². The van der Waals surface area contributed by atoms with Crippen LogP contribution in [0.15, 0.2) is 71.7 Å². The summed E-state index contributed by atoms with van der Waals surface area (Å²) in [7, 11) is 0. The van der Waals surface area contributed by atoms with Crippen molar-refractivity contribution < 1.29 is 4.79 Å². The van der Waals surface area contributed by atoms with Gasteiger partial charge in [-0.05, 0) is 31.9 Å². The molecule has 1 amide bonds. The average molecular weight is 415 g/mol. The van der Waals surface area contributed by atoms with E-state index in [2.05, 4.69) is 27.1 Å². The molecule has 0 saturated carbocycles. The van der Waals surface area contributed by atoms with Gasteiger partial charge in [-0.1, -0.05) is 60.7 Å². The molecule has 6 nitrogen and oxygen atoms in total. The van der Waals surface area contributed by atoms with E-state index >= 15 is 0 Å². The molecule has 0 aliphatic carbocycles. The second-order valence-corrected chi connectivity index (χ2v) is 7.84. The number of carbonyl (C=O) groups is 1. The van der Waals surface area contributed by atoms with Crippen molar-refractivity contribution in [3.8, 4) is 0 Å². The second kappa shape index (κ2) is 8.60. The van der Waals surface area contributed by atoms with E-state index < -0.39 is 0 Å². The zero-order valence-corrected chi connectivity index (χ0v) is 18.0. The summed E-state index contributed by atoms with van der Waals surface area (Å²) in [5, 5.41) is 8.66. The van der Waals surface area contributed by atoms with Gasteiger partial charge in [0.15, 0.2) is 0 Å². The summed E-state index contributed by atoms with van der Waals surface area (Å²) in [4.78, 5) is 25.7. The summed E-state index contributed by atoms with van der Waals surface area (Å²) in [5.41, 5.74) is 3.81. The average Bonchev–Trinajstić information content (AvgIpc) is 3.02. The first kappa shape index (κ1) is 20.6. The number of fused-ring (bicyclic) bond motifs is 1. The standard InChI is InChI=1S/C25H26N4O2/c1-17(21-12-8-5-9-13-21)27-23(30)16-29-25(31)24-19(3)28(18(2)22(24)14-26-29)15-20-10-6-4-7-11-20/h4-14,17H,15-16H2,1-3H3,(H,27,30). The highest BCUT2D eigenvalue weighted by molar-refractivity contribution is 5.87. The highest BCUT2D eigenvalue weighted by atomic mass is 16.2. The van der Waals surface area contributed by atoms with Crippen LogP contribution in [0.25, 0.3) is 10.8 Å². The molecule has 4 rings (SSSR count). The third-order valence-corrected chi connectivity index (χ3v) is 5.76. The van der Waals surface area contributed by atoms with Gasteiger partial charge in [0.05, 0.1) is 17.6 Å². The third-order valence-electron chi connectivity index (χ3n) is 5.76. The molecule has 1 unspecified atom stereocenters. The number of rotatable bonds is 6. The molecule has 2 aromatic heterocycles. The van der Waals surface area contributed by atoms with Crippen molar-refractivity contribution in [2.75, 3.05) is 0 Å². The molecule has 31 heavy (non-hydrogen) atoms. The highest BCUT2D eigenvalue weighted by Gasteiger charge is 2.18. The summed E-state index contributed by atoms with van der Waals surface area (Å²) >= 11 is 0. The van der Waals surface area contributed by atoms with Crippen molar-refractivity contribution in [1.29, 1.82) is 0 Å². The van der Waals surface area contributed by atoms with E-state index in [4.69, 9.17) is 0 Å². The number of amides is 1. The van der Waals surface area contributed by atoms with Crippen molar-refractivity contribution >= 4 is 16.7 Å². The summed E-state index contributed by atoms with van der Waals surface area (Å²) < 4.78 is 3.37. The van der Waals surface area contributed by atoms with Gasteiger partial charge in [-0.15, -0.1) is 0 Å². The first-order valence-corrected chi connectivity index (χ1v) is 10.4. The Balaban J connectivity index is 1.60. The van der Waals surface area contributed by atoms with Crippen LogP contribution in [0.5, 0.6) is 0 Å². The van der Waals surface area contributed by atoms with E-state index in [9.17, 15) is 9.59 Å². The molecule has 2 heterocycles. The molecule has 0 fully saturated rings. The molecular weight excluding hydrogens is 388 g/mol. The molecule has 1 atom stereocenters. The van der Waals surface area contributed by atoms with Gasteiger partial charge in [-0.2, -0.15) is 5.10 Å². The Bertz CT molecular complexity index is 1270. The molecule has 0 bridgehead atoms. The maximum Gasteiger partial charge on any atom is 0.276 e. The number of hydrogen-bond acceptors (Lipinski definition) is 3. The van der Waals surface area contributed by atoms with Crippen LogP contribution in [0.1, 0.15) is 35.5 Å². The van der Waals surface area contributed by atoms with E-state index in [1.165, 1.54) is 4.68 Å². The maximum absolute atomic E-state index is 13.2. The molecule has 0 aliphatic heterocycles. The SMILES string of the molecule is Cc1c2cnn(CC(=O)NC(C)c3ccccc3)c(=O)c2c(C)n1Cc1ccccc1. The molecule has 0 aliphatic rings. The molecule has 0 saturated heterocycles. The van der Waals surface area contributed by atoms with Crippen LogP contribution < -0.4 is 10.9 Å². The minimum atomic E-state index is -0.247. The number of benzene rings is 2. The molecule has 2 aromatic carbocycles. The van der Waals surface area contributed by atoms with Gasteiger partial charge in [0.2, 0.25) is 5.91 Å². The van der Waals surface area contributed by atoms with Crippen molar-refractivity contribution in [2.45, 2.75) is 39.9 Å². The van der Waals surface area contributed by atoms with Crippen LogP contribution >= 0.6 is 0 Å². The van der Waals surface area contributed by atoms with Crippen molar-refractivity contribution in [1.82, 2.24) is 19.7 Å². The maximum atomic E-state index is 13.2. The lowest BCUT2D eigenvalue weighted by atomic mass is 10.1. The monoisotopic (exact) mass is 414 g/mol. The Morgan fingerprint density at radius 1 is 1.00 bits per heavy atom. The molecule has 0 spiro atoms. The van der Waals surface area contributed by atoms with Crippen LogP contribution in [0.4, 0.5) is 0 Å². The van der Waals surface area contributed by atoms with Crippen LogP contribution in [-0.4, -0.2) is 20.3 Å². The number of hydrogen-bond donors (Lipinski definition) is 1. The minimum Gasteiger partial charge on any atom is -0.348 e. The van der Waals surface area contributed by atoms with E-state index in [0.717, 1.165) is 27.9 Å². The molecule has 4 aromatic rings. The Morgan fingerprint density at radius 3 is 2.32 bits per heavy atom. The van der Waals surface area contributed by atoms with Gasteiger partial charge in [-0.25, -0.2) is 4.68 Å². The fourth-order valence-electron chi connectivity index (χ4n) is 4.01. The Morgan fingerprint density at radius 2 is 1.65 bits per heavy atom. The van der Waals surface area contributed by atoms with Gasteiger partial charge in [0.25, 0.3) is 5.56 Å². The van der Waals surface area contributed by atoms with Gasteiger partial charge in [-0.3, -0.25) is 9.59 Å². The summed E-state index contributed by atoms with van der Waals surface area (Å²) in [6.45, 7) is 6.43. The van der Waals surface area contributed by atoms with Gasteiger partial charge in [0.1, 0.15) is 6.54 Å². The smallest absolute Gasteiger partial charge is 0.276 e. The number of aromatic nitrogens is 3. The van der Waals surface area contributed by atoms with E-state index in [1.54, 1.807) is 6.20 Å².